The summed E-state index contributed by atoms with van der Waals surface area (Å²) in [5, 5.41) is 19.1. The molecule has 146 valence electrons. The fraction of sp³-hybridized carbons (Fsp3) is 0.150. The van der Waals surface area contributed by atoms with Crippen molar-refractivity contribution in [2.75, 3.05) is 12.1 Å². The average molecular weight is 406 g/mol. The first-order chi connectivity index (χ1) is 14.1. The normalized spacial score (nSPS) is 11.9. The molecular weight excluding hydrogens is 388 g/mol. The number of allylic oxidation sites excluding steroid dienone is 2. The number of rotatable bonds is 8. The highest BCUT2D eigenvalue weighted by atomic mass is 32.1. The molecule has 0 aliphatic carbocycles. The van der Waals surface area contributed by atoms with Crippen LogP contribution in [0.3, 0.4) is 0 Å². The highest BCUT2D eigenvalue weighted by Crippen LogP contribution is 2.20. The highest BCUT2D eigenvalue weighted by Gasteiger charge is 2.19. The van der Waals surface area contributed by atoms with Gasteiger partial charge < -0.3 is 0 Å². The summed E-state index contributed by atoms with van der Waals surface area (Å²) in [6.07, 6.45) is 3.21. The lowest BCUT2D eigenvalue weighted by atomic mass is 9.94. The van der Waals surface area contributed by atoms with Crippen LogP contribution in [-0.2, 0) is 9.63 Å². The van der Waals surface area contributed by atoms with Crippen molar-refractivity contribution in [3.63, 3.8) is 0 Å². The standard InChI is InChI=1S/C20H18N6O2S/c1-2-4-19(27)18(15-9-7-14(12-21)8-10-15)13-28-23-16-5-3-6-17(11-16)26-20(29)22-24-25-26/h2-11,18,23H,13H2,1H3,(H,22,25,29). The van der Waals surface area contributed by atoms with Gasteiger partial charge >= 0.3 is 0 Å². The van der Waals surface area contributed by atoms with Gasteiger partial charge in [0, 0.05) is 0 Å². The Balaban J connectivity index is 1.71. The molecule has 0 amide bonds. The average Bonchev–Trinajstić information content (AvgIpc) is 3.17. The highest BCUT2D eigenvalue weighted by molar-refractivity contribution is 7.71. The minimum atomic E-state index is -0.500. The zero-order chi connectivity index (χ0) is 20.6. The van der Waals surface area contributed by atoms with Gasteiger partial charge in [0.2, 0.25) is 4.77 Å². The number of aromatic amines is 1. The fourth-order valence-electron chi connectivity index (χ4n) is 2.70. The number of nitrogens with one attached hydrogen (secondary N) is 2. The number of hydrogen-bond acceptors (Lipinski definition) is 7. The Morgan fingerprint density at radius 2 is 2.17 bits per heavy atom. The lowest BCUT2D eigenvalue weighted by Crippen LogP contribution is -2.19. The quantitative estimate of drug-likeness (QED) is 0.335. The minimum Gasteiger partial charge on any atom is -0.294 e. The van der Waals surface area contributed by atoms with Crippen LogP contribution in [0.15, 0.2) is 60.7 Å². The van der Waals surface area contributed by atoms with Crippen LogP contribution in [0.4, 0.5) is 5.69 Å². The summed E-state index contributed by atoms with van der Waals surface area (Å²) in [5.74, 6) is -0.581. The summed E-state index contributed by atoms with van der Waals surface area (Å²) in [4.78, 5) is 18.1. The molecule has 0 spiro atoms. The molecule has 1 aromatic heterocycles. The molecule has 1 unspecified atom stereocenters. The maximum absolute atomic E-state index is 12.5. The molecule has 0 aliphatic heterocycles. The summed E-state index contributed by atoms with van der Waals surface area (Å²) in [6, 6.07) is 16.3. The van der Waals surface area contributed by atoms with Gasteiger partial charge in [-0.1, -0.05) is 34.6 Å². The first-order valence-corrected chi connectivity index (χ1v) is 9.18. The number of hydrogen-bond donors (Lipinski definition) is 2. The van der Waals surface area contributed by atoms with E-state index in [0.29, 0.717) is 16.0 Å². The Labute approximate surface area is 172 Å². The topological polar surface area (TPSA) is 109 Å². The van der Waals surface area contributed by atoms with Crippen molar-refractivity contribution in [1.82, 2.24) is 20.2 Å². The van der Waals surface area contributed by atoms with Gasteiger partial charge in [-0.25, -0.2) is 4.68 Å². The van der Waals surface area contributed by atoms with Crippen molar-refractivity contribution < 1.29 is 9.63 Å². The Morgan fingerprint density at radius 1 is 1.38 bits per heavy atom. The number of benzene rings is 2. The van der Waals surface area contributed by atoms with Crippen molar-refractivity contribution in [2.45, 2.75) is 12.8 Å². The van der Waals surface area contributed by atoms with Crippen LogP contribution >= 0.6 is 12.2 Å². The van der Waals surface area contributed by atoms with E-state index in [1.165, 1.54) is 6.08 Å². The smallest absolute Gasteiger partial charge is 0.242 e. The van der Waals surface area contributed by atoms with Gasteiger partial charge in [0.1, 0.15) is 0 Å². The van der Waals surface area contributed by atoms with E-state index in [2.05, 4.69) is 27.1 Å². The second kappa shape index (κ2) is 9.54. The second-order valence-corrected chi connectivity index (χ2v) is 6.44. The molecule has 0 aliphatic rings. The number of anilines is 1. The maximum Gasteiger partial charge on any atom is 0.242 e. The van der Waals surface area contributed by atoms with Crippen LogP contribution in [0.1, 0.15) is 24.0 Å². The summed E-state index contributed by atoms with van der Waals surface area (Å²) >= 11 is 5.10. The second-order valence-electron chi connectivity index (χ2n) is 6.07. The van der Waals surface area contributed by atoms with Crippen LogP contribution in [0.5, 0.6) is 0 Å². The third-order valence-electron chi connectivity index (χ3n) is 4.13. The van der Waals surface area contributed by atoms with Crippen molar-refractivity contribution in [3.05, 3.63) is 76.6 Å². The van der Waals surface area contributed by atoms with Crippen molar-refractivity contribution in [3.8, 4) is 11.8 Å². The van der Waals surface area contributed by atoms with E-state index in [1.54, 1.807) is 48.0 Å². The predicted octanol–water partition coefficient (Wildman–Crippen LogP) is 3.47. The van der Waals surface area contributed by atoms with Crippen LogP contribution in [0.25, 0.3) is 5.69 Å². The number of tetrazole rings is 1. The molecule has 0 bridgehead atoms. The number of aromatic nitrogens is 4. The Hall–Kier alpha value is -3.61. The molecule has 0 fully saturated rings. The fourth-order valence-corrected chi connectivity index (χ4v) is 2.88. The van der Waals surface area contributed by atoms with Crippen LogP contribution in [0.2, 0.25) is 0 Å². The first kappa shape index (κ1) is 20.1. The van der Waals surface area contributed by atoms with Crippen LogP contribution in [0, 0.1) is 16.1 Å². The monoisotopic (exact) mass is 406 g/mol. The van der Waals surface area contributed by atoms with E-state index in [0.717, 1.165) is 11.3 Å². The molecule has 3 rings (SSSR count). The van der Waals surface area contributed by atoms with Gasteiger partial charge in [-0.15, -0.1) is 0 Å². The third-order valence-corrected chi connectivity index (χ3v) is 4.40. The molecule has 0 saturated heterocycles. The molecule has 2 aromatic carbocycles. The molecule has 1 atom stereocenters. The third kappa shape index (κ3) is 5.01. The molecule has 8 nitrogen and oxygen atoms in total. The number of carbonyl (C=O) groups excluding carboxylic acids is 1. The van der Waals surface area contributed by atoms with Gasteiger partial charge in [0.25, 0.3) is 0 Å². The van der Waals surface area contributed by atoms with Gasteiger partial charge in [-0.3, -0.25) is 15.1 Å². The largest absolute Gasteiger partial charge is 0.294 e. The number of nitrogens with zero attached hydrogens (tertiary/aromatic N) is 4. The molecule has 1 heterocycles. The molecular formula is C20H18N6O2S. The number of H-pyrrole nitrogens is 1. The molecule has 29 heavy (non-hydrogen) atoms. The lowest BCUT2D eigenvalue weighted by molar-refractivity contribution is -0.117. The summed E-state index contributed by atoms with van der Waals surface area (Å²) in [5.41, 5.74) is 5.58. The lowest BCUT2D eigenvalue weighted by Gasteiger charge is -2.16. The SMILES string of the molecule is CC=CC(=O)C(CONc1cccc(-n2[nH]nnc2=S)c1)c1ccc(C#N)cc1. The number of ketones is 1. The van der Waals surface area contributed by atoms with E-state index in [9.17, 15) is 4.79 Å². The van der Waals surface area contributed by atoms with Gasteiger partial charge in [0.05, 0.1) is 35.5 Å². The molecule has 0 radical (unpaired) electrons. The molecule has 9 heteroatoms. The minimum absolute atomic E-state index is 0.0809. The zero-order valence-corrected chi connectivity index (χ0v) is 16.4. The van der Waals surface area contributed by atoms with Crippen LogP contribution < -0.4 is 5.48 Å². The van der Waals surface area contributed by atoms with Gasteiger partial charge in [-0.2, -0.15) is 10.5 Å². The Bertz CT molecular complexity index is 1110. The van der Waals surface area contributed by atoms with E-state index in [4.69, 9.17) is 22.3 Å². The molecule has 3 aromatic rings. The van der Waals surface area contributed by atoms with Crippen LogP contribution in [-0.4, -0.2) is 32.6 Å². The molecule has 2 N–H and O–H groups in total. The van der Waals surface area contributed by atoms with Crippen molar-refractivity contribution >= 4 is 23.7 Å². The Kier molecular flexibility index (Phi) is 6.63. The van der Waals surface area contributed by atoms with Gasteiger partial charge in [-0.05, 0) is 61.1 Å². The van der Waals surface area contributed by atoms with Gasteiger partial charge in [0.15, 0.2) is 5.78 Å². The van der Waals surface area contributed by atoms with Crippen molar-refractivity contribution in [2.24, 2.45) is 0 Å². The molecule has 0 saturated carbocycles. The Morgan fingerprint density at radius 3 is 2.83 bits per heavy atom. The first-order valence-electron chi connectivity index (χ1n) is 8.77. The maximum atomic E-state index is 12.5. The van der Waals surface area contributed by atoms with E-state index in [1.807, 2.05) is 18.2 Å². The summed E-state index contributed by atoms with van der Waals surface area (Å²) in [7, 11) is 0. The van der Waals surface area contributed by atoms with E-state index < -0.39 is 5.92 Å². The number of carbonyl (C=O) groups is 1. The van der Waals surface area contributed by atoms with Crippen molar-refractivity contribution in [1.29, 1.82) is 5.26 Å². The predicted molar refractivity (Wildman–Crippen MR) is 110 cm³/mol. The van der Waals surface area contributed by atoms with E-state index >= 15 is 0 Å². The number of nitriles is 1. The zero-order valence-electron chi connectivity index (χ0n) is 15.6. The summed E-state index contributed by atoms with van der Waals surface area (Å²) < 4.78 is 1.86. The van der Waals surface area contributed by atoms with E-state index in [-0.39, 0.29) is 12.4 Å². The summed E-state index contributed by atoms with van der Waals surface area (Å²) in [6.45, 7) is 1.90.